The maximum atomic E-state index is 14.9. The number of fused-ring (bicyclic) bond motifs is 1. The zero-order chi connectivity index (χ0) is 25.0. The van der Waals surface area contributed by atoms with Crippen LogP contribution in [0, 0.1) is 34.8 Å². The van der Waals surface area contributed by atoms with Crippen molar-refractivity contribution in [3.8, 4) is 0 Å². The standard InChI is InChI=1S/C29H30F2N2O3/c30-21-7-8-25(24(31)14-21)32(28(36)29-15-18-11-19(16-29)13-20(12-18)17-29)9-3-4-10-33-26(34)22-5-1-2-6-23(22)27(33)35/h1-2,5-8,14,18-20H,3-4,9-13,15-17H2. The molecule has 2 aromatic carbocycles. The third kappa shape index (κ3) is 3.84. The average molecular weight is 493 g/mol. The Kier molecular flexibility index (Phi) is 5.69. The summed E-state index contributed by atoms with van der Waals surface area (Å²) < 4.78 is 28.6. The fraction of sp³-hybridized carbons (Fsp3) is 0.483. The predicted molar refractivity (Wildman–Crippen MR) is 130 cm³/mol. The van der Waals surface area contributed by atoms with Crippen LogP contribution in [0.1, 0.15) is 72.1 Å². The SMILES string of the molecule is O=C1c2ccccc2C(=O)N1CCCCN(C(=O)C12CC3CC(CC(C3)C1)C2)c1ccc(F)cc1F. The number of rotatable bonds is 7. The Morgan fingerprint density at radius 2 is 1.47 bits per heavy atom. The summed E-state index contributed by atoms with van der Waals surface area (Å²) in [4.78, 5) is 42.2. The van der Waals surface area contributed by atoms with Crippen molar-refractivity contribution in [2.75, 3.05) is 18.0 Å². The van der Waals surface area contributed by atoms with Crippen molar-refractivity contribution < 1.29 is 23.2 Å². The van der Waals surface area contributed by atoms with Crippen LogP contribution in [0.3, 0.4) is 0 Å². The van der Waals surface area contributed by atoms with Crippen LogP contribution in [0.25, 0.3) is 0 Å². The number of nitrogens with zero attached hydrogens (tertiary/aromatic N) is 2. The van der Waals surface area contributed by atoms with Gasteiger partial charge in [-0.1, -0.05) is 12.1 Å². The Bertz CT molecular complexity index is 1170. The van der Waals surface area contributed by atoms with Crippen molar-refractivity contribution >= 4 is 23.4 Å². The van der Waals surface area contributed by atoms with Crippen LogP contribution in [-0.4, -0.2) is 35.7 Å². The van der Waals surface area contributed by atoms with Crippen molar-refractivity contribution in [1.29, 1.82) is 0 Å². The van der Waals surface area contributed by atoms with Gasteiger partial charge in [-0.15, -0.1) is 0 Å². The van der Waals surface area contributed by atoms with Gasteiger partial charge >= 0.3 is 0 Å². The summed E-state index contributed by atoms with van der Waals surface area (Å²) in [6.45, 7) is 0.490. The molecule has 188 valence electrons. The molecule has 0 saturated heterocycles. The summed E-state index contributed by atoms with van der Waals surface area (Å²) in [5, 5.41) is 0. The van der Waals surface area contributed by atoms with E-state index in [1.54, 1.807) is 24.3 Å². The van der Waals surface area contributed by atoms with Crippen molar-refractivity contribution in [3.05, 3.63) is 65.2 Å². The largest absolute Gasteiger partial charge is 0.309 e. The lowest BCUT2D eigenvalue weighted by molar-refractivity contribution is -0.143. The van der Waals surface area contributed by atoms with Gasteiger partial charge in [-0.25, -0.2) is 8.78 Å². The van der Waals surface area contributed by atoms with Gasteiger partial charge < -0.3 is 4.90 Å². The summed E-state index contributed by atoms with van der Waals surface area (Å²) in [6, 6.07) is 10.1. The quantitative estimate of drug-likeness (QED) is 0.374. The molecule has 0 spiro atoms. The third-order valence-corrected chi connectivity index (χ3v) is 8.83. The Labute approximate surface area is 209 Å². The first-order chi connectivity index (χ1) is 17.3. The molecule has 3 amide bonds. The van der Waals surface area contributed by atoms with Crippen LogP contribution in [0.15, 0.2) is 42.5 Å². The number of anilines is 1. The molecule has 4 saturated carbocycles. The van der Waals surface area contributed by atoms with Crippen LogP contribution < -0.4 is 4.90 Å². The minimum absolute atomic E-state index is 0.0483. The van der Waals surface area contributed by atoms with Crippen molar-refractivity contribution in [1.82, 2.24) is 4.90 Å². The van der Waals surface area contributed by atoms with E-state index in [4.69, 9.17) is 0 Å². The molecule has 2 aromatic rings. The van der Waals surface area contributed by atoms with Crippen LogP contribution >= 0.6 is 0 Å². The maximum absolute atomic E-state index is 14.9. The Balaban J connectivity index is 1.18. The highest BCUT2D eigenvalue weighted by Crippen LogP contribution is 2.60. The molecule has 7 heteroatoms. The van der Waals surface area contributed by atoms with Crippen molar-refractivity contribution in [2.24, 2.45) is 23.2 Å². The Hall–Kier alpha value is -3.09. The number of amides is 3. The lowest BCUT2D eigenvalue weighted by Crippen LogP contribution is -2.55. The van der Waals surface area contributed by atoms with E-state index >= 15 is 0 Å². The van der Waals surface area contributed by atoms with Crippen LogP contribution in [0.5, 0.6) is 0 Å². The first-order valence-corrected chi connectivity index (χ1v) is 13.1. The molecular weight excluding hydrogens is 462 g/mol. The molecule has 5 aliphatic rings. The lowest BCUT2D eigenvalue weighted by atomic mass is 9.49. The van der Waals surface area contributed by atoms with Crippen LogP contribution in [0.4, 0.5) is 14.5 Å². The van der Waals surface area contributed by atoms with Gasteiger partial charge in [-0.3, -0.25) is 19.3 Å². The van der Waals surface area contributed by atoms with E-state index in [0.717, 1.165) is 25.3 Å². The normalized spacial score (nSPS) is 28.1. The second-order valence-corrected chi connectivity index (χ2v) is 11.3. The molecule has 36 heavy (non-hydrogen) atoms. The first-order valence-electron chi connectivity index (χ1n) is 13.1. The molecule has 0 aromatic heterocycles. The molecule has 4 aliphatic carbocycles. The average Bonchev–Trinajstić information content (AvgIpc) is 3.08. The summed E-state index contributed by atoms with van der Waals surface area (Å²) in [6.07, 6.45) is 7.11. The minimum Gasteiger partial charge on any atom is -0.309 e. The third-order valence-electron chi connectivity index (χ3n) is 8.83. The van der Waals surface area contributed by atoms with Gasteiger partial charge in [0.2, 0.25) is 5.91 Å². The number of carbonyl (C=O) groups excluding carboxylic acids is 3. The summed E-state index contributed by atoms with van der Waals surface area (Å²) >= 11 is 0. The molecule has 0 N–H and O–H groups in total. The van der Waals surface area contributed by atoms with Gasteiger partial charge in [-0.2, -0.15) is 0 Å². The predicted octanol–water partition coefficient (Wildman–Crippen LogP) is 5.59. The number of benzene rings is 2. The summed E-state index contributed by atoms with van der Waals surface area (Å²) in [7, 11) is 0. The van der Waals surface area contributed by atoms with E-state index in [2.05, 4.69) is 0 Å². The molecule has 1 aliphatic heterocycles. The van der Waals surface area contributed by atoms with Gasteiger partial charge in [0.05, 0.1) is 22.2 Å². The number of imide groups is 1. The minimum atomic E-state index is -0.742. The molecule has 4 fully saturated rings. The van der Waals surface area contributed by atoms with E-state index < -0.39 is 17.0 Å². The molecule has 5 nitrogen and oxygen atoms in total. The second kappa shape index (κ2) is 8.79. The van der Waals surface area contributed by atoms with E-state index in [9.17, 15) is 23.2 Å². The zero-order valence-electron chi connectivity index (χ0n) is 20.2. The monoisotopic (exact) mass is 492 g/mol. The van der Waals surface area contributed by atoms with E-state index in [1.165, 1.54) is 41.2 Å². The number of halogens is 2. The van der Waals surface area contributed by atoms with Crippen LogP contribution in [-0.2, 0) is 4.79 Å². The highest BCUT2D eigenvalue weighted by molar-refractivity contribution is 6.21. The van der Waals surface area contributed by atoms with Gasteiger partial charge in [0.1, 0.15) is 11.6 Å². The Morgan fingerprint density at radius 1 is 0.889 bits per heavy atom. The maximum Gasteiger partial charge on any atom is 0.261 e. The van der Waals surface area contributed by atoms with Gasteiger partial charge in [0, 0.05) is 19.2 Å². The molecule has 0 unspecified atom stereocenters. The zero-order valence-corrected chi connectivity index (χ0v) is 20.2. The highest BCUT2D eigenvalue weighted by atomic mass is 19.1. The molecule has 1 heterocycles. The molecular formula is C29H30F2N2O3. The number of unbranched alkanes of at least 4 members (excludes halogenated alkanes) is 1. The van der Waals surface area contributed by atoms with E-state index in [0.29, 0.717) is 41.7 Å². The van der Waals surface area contributed by atoms with E-state index in [-0.39, 0.29) is 36.5 Å². The summed E-state index contributed by atoms with van der Waals surface area (Å²) in [5.74, 6) is -0.384. The van der Waals surface area contributed by atoms with Gasteiger partial charge in [-0.05, 0) is 93.4 Å². The van der Waals surface area contributed by atoms with Gasteiger partial charge in [0.25, 0.3) is 11.8 Å². The number of carbonyl (C=O) groups is 3. The number of hydrogen-bond donors (Lipinski definition) is 0. The van der Waals surface area contributed by atoms with Crippen LogP contribution in [0.2, 0.25) is 0 Å². The fourth-order valence-electron chi connectivity index (χ4n) is 7.67. The van der Waals surface area contributed by atoms with Crippen molar-refractivity contribution in [2.45, 2.75) is 51.4 Å². The topological polar surface area (TPSA) is 57.7 Å². The molecule has 7 rings (SSSR count). The smallest absolute Gasteiger partial charge is 0.261 e. The Morgan fingerprint density at radius 3 is 2.03 bits per heavy atom. The molecule has 0 radical (unpaired) electrons. The first kappa shape index (κ1) is 23.3. The lowest BCUT2D eigenvalue weighted by Gasteiger charge is -2.56. The highest BCUT2D eigenvalue weighted by Gasteiger charge is 2.55. The fourth-order valence-corrected chi connectivity index (χ4v) is 7.67. The second-order valence-electron chi connectivity index (χ2n) is 11.3. The van der Waals surface area contributed by atoms with Gasteiger partial charge in [0.15, 0.2) is 0 Å². The van der Waals surface area contributed by atoms with E-state index in [1.807, 2.05) is 0 Å². The molecule has 4 bridgehead atoms. The number of hydrogen-bond acceptors (Lipinski definition) is 3. The molecule has 0 atom stereocenters. The van der Waals surface area contributed by atoms with Crippen molar-refractivity contribution in [3.63, 3.8) is 0 Å². The summed E-state index contributed by atoms with van der Waals surface area (Å²) in [5.41, 5.74) is 0.472.